The van der Waals surface area contributed by atoms with E-state index in [4.69, 9.17) is 10.3 Å². The van der Waals surface area contributed by atoms with Gasteiger partial charge in [-0.05, 0) is 24.3 Å². The van der Waals surface area contributed by atoms with Crippen molar-refractivity contribution in [1.29, 1.82) is 0 Å². The van der Waals surface area contributed by atoms with E-state index in [1.54, 1.807) is 18.3 Å². The van der Waals surface area contributed by atoms with Crippen LogP contribution < -0.4 is 16.4 Å². The van der Waals surface area contributed by atoms with Crippen LogP contribution in [0, 0.1) is 0 Å². The van der Waals surface area contributed by atoms with Crippen LogP contribution in [-0.4, -0.2) is 39.3 Å². The zero-order chi connectivity index (χ0) is 17.1. The molecule has 2 heterocycles. The van der Waals surface area contributed by atoms with Crippen LogP contribution in [0.25, 0.3) is 10.6 Å². The van der Waals surface area contributed by atoms with E-state index < -0.39 is 17.1 Å². The minimum Gasteiger partial charge on any atom is -0.337 e. The molecule has 2 aromatic rings. The van der Waals surface area contributed by atoms with E-state index in [9.17, 15) is 13.8 Å². The van der Waals surface area contributed by atoms with Crippen molar-refractivity contribution in [2.45, 2.75) is 4.21 Å². The number of aromatic nitrogens is 1. The average Bonchev–Trinajstić information content (AvgIpc) is 3.05. The van der Waals surface area contributed by atoms with E-state index >= 15 is 0 Å². The molecule has 0 aliphatic carbocycles. The van der Waals surface area contributed by atoms with E-state index in [1.165, 1.54) is 11.3 Å². The van der Waals surface area contributed by atoms with Crippen LogP contribution >= 0.6 is 11.3 Å². The molecule has 0 fully saturated rings. The molecule has 2 rings (SSSR count). The smallest absolute Gasteiger partial charge is 0.321 e. The fourth-order valence-electron chi connectivity index (χ4n) is 1.35. The summed E-state index contributed by atoms with van der Waals surface area (Å²) in [4.78, 5) is 24.9. The normalized spacial score (nSPS) is 10.9. The quantitative estimate of drug-likeness (QED) is 0.462. The first-order chi connectivity index (χ1) is 11.1. The summed E-state index contributed by atoms with van der Waals surface area (Å²) in [5, 5.41) is 4.22. The first-order valence-electron chi connectivity index (χ1n) is 6.38. The van der Waals surface area contributed by atoms with E-state index in [2.05, 4.69) is 10.3 Å². The number of rotatable bonds is 5. The third kappa shape index (κ3) is 7.10. The van der Waals surface area contributed by atoms with E-state index in [0.29, 0.717) is 23.7 Å². The monoisotopic (exact) mass is 356 g/mol. The minimum atomic E-state index is -1.89. The van der Waals surface area contributed by atoms with Gasteiger partial charge in [0.25, 0.3) is 0 Å². The fourth-order valence-corrected chi connectivity index (χ4v) is 2.80. The van der Waals surface area contributed by atoms with Gasteiger partial charge in [0.2, 0.25) is 6.41 Å². The Morgan fingerprint density at radius 2 is 2.17 bits per heavy atom. The van der Waals surface area contributed by atoms with Crippen LogP contribution in [0.4, 0.5) is 4.79 Å². The van der Waals surface area contributed by atoms with Gasteiger partial charge in [-0.1, -0.05) is 6.07 Å². The number of thiophene rings is 1. The standard InChI is InChI=1S/C9H7NO2S2.C4H9N3O2/c11-14(12)9-5-4-8(13-9)7-3-1-2-6-10-7;5-1-2-6-4(9)7-3-8/h1-6H,(H,11,12);3H,1-2,5H2,(H2,6,7,8,9). The molecule has 10 heteroatoms. The lowest BCUT2D eigenvalue weighted by Crippen LogP contribution is -2.37. The lowest BCUT2D eigenvalue weighted by molar-refractivity contribution is -0.108. The summed E-state index contributed by atoms with van der Waals surface area (Å²) >= 11 is -0.610. The lowest BCUT2D eigenvalue weighted by Gasteiger charge is -1.98. The highest BCUT2D eigenvalue weighted by Gasteiger charge is 2.06. The predicted octanol–water partition coefficient (Wildman–Crippen LogP) is 0.791. The van der Waals surface area contributed by atoms with E-state index in [1.807, 2.05) is 23.5 Å². The number of nitrogens with two attached hydrogens (primary N) is 1. The molecule has 3 amide bonds. The molecular formula is C13H16N4O4S2. The van der Waals surface area contributed by atoms with Gasteiger partial charge < -0.3 is 15.6 Å². The summed E-state index contributed by atoms with van der Waals surface area (Å²) in [6.45, 7) is 0.742. The summed E-state index contributed by atoms with van der Waals surface area (Å²) in [6, 6.07) is 8.52. The van der Waals surface area contributed by atoms with Crippen LogP contribution in [0.15, 0.2) is 40.7 Å². The van der Waals surface area contributed by atoms with Crippen molar-refractivity contribution in [3.63, 3.8) is 0 Å². The summed E-state index contributed by atoms with van der Waals surface area (Å²) < 4.78 is 20.0. The summed E-state index contributed by atoms with van der Waals surface area (Å²) in [5.74, 6) is 0. The predicted molar refractivity (Wildman–Crippen MR) is 88.2 cm³/mol. The topological polar surface area (TPSA) is 134 Å². The zero-order valence-electron chi connectivity index (χ0n) is 12.0. The molecule has 0 saturated carbocycles. The summed E-state index contributed by atoms with van der Waals surface area (Å²) in [5.41, 5.74) is 5.87. The van der Waals surface area contributed by atoms with Gasteiger partial charge >= 0.3 is 6.03 Å². The van der Waals surface area contributed by atoms with Gasteiger partial charge in [0, 0.05) is 19.3 Å². The molecule has 0 aromatic carbocycles. The molecule has 0 saturated heterocycles. The second-order valence-electron chi connectivity index (χ2n) is 3.89. The largest absolute Gasteiger partial charge is 0.337 e. The Kier molecular flexibility index (Phi) is 8.68. The Bertz CT molecular complexity index is 648. The third-order valence-electron chi connectivity index (χ3n) is 2.29. The van der Waals surface area contributed by atoms with Crippen LogP contribution in [0.3, 0.4) is 0 Å². The number of urea groups is 1. The molecule has 2 aromatic heterocycles. The van der Waals surface area contributed by atoms with Crippen LogP contribution in [0.2, 0.25) is 0 Å². The van der Waals surface area contributed by atoms with Crippen molar-refractivity contribution >= 4 is 34.9 Å². The number of carbonyl (C=O) groups is 2. The summed E-state index contributed by atoms with van der Waals surface area (Å²) in [6.07, 6.45) is 2.01. The number of imide groups is 1. The van der Waals surface area contributed by atoms with Gasteiger partial charge in [-0.2, -0.15) is 0 Å². The number of carbonyl (C=O) groups excluding carboxylic acids is 2. The van der Waals surface area contributed by atoms with Crippen molar-refractivity contribution < 1.29 is 18.4 Å². The molecule has 23 heavy (non-hydrogen) atoms. The highest BCUT2D eigenvalue weighted by Crippen LogP contribution is 2.27. The second kappa shape index (κ2) is 10.6. The number of nitrogens with zero attached hydrogens (tertiary/aromatic N) is 1. The third-order valence-corrected chi connectivity index (χ3v) is 4.35. The van der Waals surface area contributed by atoms with E-state index in [0.717, 1.165) is 10.6 Å². The van der Waals surface area contributed by atoms with Crippen molar-refractivity contribution in [2.75, 3.05) is 13.1 Å². The van der Waals surface area contributed by atoms with Crippen molar-refractivity contribution in [1.82, 2.24) is 15.6 Å². The van der Waals surface area contributed by atoms with E-state index in [-0.39, 0.29) is 0 Å². The first kappa shape index (κ1) is 18.9. The van der Waals surface area contributed by atoms with Crippen LogP contribution in [-0.2, 0) is 15.9 Å². The Balaban J connectivity index is 0.000000257. The lowest BCUT2D eigenvalue weighted by atomic mass is 10.3. The van der Waals surface area contributed by atoms with Gasteiger partial charge in [-0.3, -0.25) is 15.1 Å². The first-order valence-corrected chi connectivity index (χ1v) is 8.31. The zero-order valence-corrected chi connectivity index (χ0v) is 13.6. The van der Waals surface area contributed by atoms with Gasteiger partial charge in [-0.25, -0.2) is 9.00 Å². The second-order valence-corrected chi connectivity index (χ2v) is 6.17. The highest BCUT2D eigenvalue weighted by atomic mass is 32.2. The maximum atomic E-state index is 10.7. The Labute approximate surface area is 139 Å². The Morgan fingerprint density at radius 3 is 2.70 bits per heavy atom. The van der Waals surface area contributed by atoms with Gasteiger partial charge in [0.1, 0.15) is 4.21 Å². The molecule has 0 spiro atoms. The maximum Gasteiger partial charge on any atom is 0.321 e. The fraction of sp³-hybridized carbons (Fsp3) is 0.154. The Morgan fingerprint density at radius 1 is 1.39 bits per heavy atom. The highest BCUT2D eigenvalue weighted by molar-refractivity contribution is 7.81. The molecule has 1 atom stereocenters. The number of hydrogen-bond acceptors (Lipinski definition) is 6. The number of nitrogens with one attached hydrogen (secondary N) is 2. The number of hydrogen-bond donors (Lipinski definition) is 4. The molecule has 5 N–H and O–H groups in total. The number of amides is 3. The summed E-state index contributed by atoms with van der Waals surface area (Å²) in [7, 11) is 0. The molecule has 0 aliphatic heterocycles. The van der Waals surface area contributed by atoms with Crippen molar-refractivity contribution in [3.8, 4) is 10.6 Å². The molecule has 8 nitrogen and oxygen atoms in total. The van der Waals surface area contributed by atoms with Gasteiger partial charge in [-0.15, -0.1) is 11.3 Å². The van der Waals surface area contributed by atoms with Gasteiger partial charge in [0.05, 0.1) is 10.6 Å². The number of pyridine rings is 1. The van der Waals surface area contributed by atoms with Crippen LogP contribution in [0.5, 0.6) is 0 Å². The van der Waals surface area contributed by atoms with Crippen LogP contribution in [0.1, 0.15) is 0 Å². The molecular weight excluding hydrogens is 340 g/mol. The molecule has 0 bridgehead atoms. The van der Waals surface area contributed by atoms with Gasteiger partial charge in [0.15, 0.2) is 11.1 Å². The maximum absolute atomic E-state index is 10.7. The van der Waals surface area contributed by atoms with Crippen molar-refractivity contribution in [2.24, 2.45) is 5.73 Å². The van der Waals surface area contributed by atoms with Crippen molar-refractivity contribution in [3.05, 3.63) is 36.5 Å². The molecule has 0 radical (unpaired) electrons. The Hall–Kier alpha value is -2.14. The minimum absolute atomic E-state index is 0.311. The SMILES string of the molecule is NCCNC(=O)NC=O.O=S(O)c1ccc(-c2ccccn2)s1. The molecule has 0 aliphatic rings. The average molecular weight is 356 g/mol. The molecule has 124 valence electrons. The molecule has 1 unspecified atom stereocenters.